The number of aromatic nitrogens is 2. The second-order valence-corrected chi connectivity index (χ2v) is 9.12. The molecule has 1 fully saturated rings. The Morgan fingerprint density at radius 2 is 1.75 bits per heavy atom. The maximum absolute atomic E-state index is 11.0. The highest BCUT2D eigenvalue weighted by Gasteiger charge is 2.32. The lowest BCUT2D eigenvalue weighted by molar-refractivity contribution is -0.159. The molecule has 2 heterocycles. The number of nitrogens with zero attached hydrogens (tertiary/aromatic N) is 4. The summed E-state index contributed by atoms with van der Waals surface area (Å²) in [5.74, 6) is -0.689. The Morgan fingerprint density at radius 3 is 2.47 bits per heavy atom. The number of rotatable bonds is 8. The second-order valence-electron chi connectivity index (χ2n) is 9.12. The third kappa shape index (κ3) is 5.37. The van der Waals surface area contributed by atoms with Gasteiger partial charge in [0.2, 0.25) is 11.7 Å². The normalized spacial score (nSPS) is 15.8. The summed E-state index contributed by atoms with van der Waals surface area (Å²) in [7, 11) is 6.33. The quantitative estimate of drug-likeness (QED) is 0.518. The summed E-state index contributed by atoms with van der Waals surface area (Å²) in [6.07, 6.45) is 7.23. The topological polar surface area (TPSA) is 61.7 Å². The lowest BCUT2D eigenvalue weighted by Gasteiger charge is -2.32. The Hall–Kier alpha value is -2.70. The molecule has 170 valence electrons. The Kier molecular flexibility index (Phi) is 6.92. The van der Waals surface area contributed by atoms with Gasteiger partial charge in [0, 0.05) is 43.9 Å². The molecule has 0 unspecified atom stereocenters. The van der Waals surface area contributed by atoms with E-state index in [-0.39, 0.29) is 0 Å². The highest BCUT2D eigenvalue weighted by molar-refractivity contribution is 5.87. The van der Waals surface area contributed by atoms with Crippen molar-refractivity contribution >= 4 is 16.6 Å². The van der Waals surface area contributed by atoms with E-state index in [9.17, 15) is 5.11 Å². The van der Waals surface area contributed by atoms with Crippen molar-refractivity contribution < 1.29 is 9.84 Å². The zero-order chi connectivity index (χ0) is 22.6. The van der Waals surface area contributed by atoms with Crippen LogP contribution in [0.1, 0.15) is 38.5 Å². The number of hydrogen-bond donors (Lipinski definition) is 1. The fourth-order valence-corrected chi connectivity index (χ4v) is 4.30. The van der Waals surface area contributed by atoms with Crippen LogP contribution in [0.2, 0.25) is 0 Å². The predicted molar refractivity (Wildman–Crippen MR) is 130 cm³/mol. The molecule has 1 N–H and O–H groups in total. The van der Waals surface area contributed by atoms with Gasteiger partial charge >= 0.3 is 0 Å². The number of aliphatic hydroxyl groups is 1. The van der Waals surface area contributed by atoms with Crippen molar-refractivity contribution in [3.05, 3.63) is 48.7 Å². The van der Waals surface area contributed by atoms with Crippen molar-refractivity contribution in [3.63, 3.8) is 0 Å². The largest absolute Gasteiger partial charge is 0.445 e. The summed E-state index contributed by atoms with van der Waals surface area (Å²) in [4.78, 5) is 13.8. The average molecular weight is 435 g/mol. The Labute approximate surface area is 190 Å². The van der Waals surface area contributed by atoms with Crippen LogP contribution in [-0.2, 0) is 0 Å². The zero-order valence-electron chi connectivity index (χ0n) is 19.4. The van der Waals surface area contributed by atoms with Gasteiger partial charge < -0.3 is 19.6 Å². The van der Waals surface area contributed by atoms with Crippen LogP contribution < -0.4 is 9.64 Å². The maximum Gasteiger partial charge on any atom is 0.226 e. The van der Waals surface area contributed by atoms with E-state index in [4.69, 9.17) is 9.72 Å². The average Bonchev–Trinajstić information content (AvgIpc) is 2.79. The Bertz CT molecular complexity index is 1030. The fraction of sp³-hybridized carbons (Fsp3) is 0.462. The minimum absolute atomic E-state index is 0.458. The van der Waals surface area contributed by atoms with Crippen LogP contribution in [-0.4, -0.2) is 60.0 Å². The van der Waals surface area contributed by atoms with Crippen LogP contribution in [0.5, 0.6) is 5.88 Å². The minimum Gasteiger partial charge on any atom is -0.445 e. The number of fused-ring (bicyclic) bond motifs is 1. The van der Waals surface area contributed by atoms with E-state index in [0.717, 1.165) is 60.9 Å². The highest BCUT2D eigenvalue weighted by Crippen LogP contribution is 2.35. The SMILES string of the molecule is CN(C)CCCN(C)c1ccc(-c2cc3ncccc3c(OC3(O)CCCCC3)n2)cc1. The van der Waals surface area contributed by atoms with E-state index in [1.165, 1.54) is 5.69 Å². The van der Waals surface area contributed by atoms with E-state index >= 15 is 0 Å². The van der Waals surface area contributed by atoms with Crippen LogP contribution >= 0.6 is 0 Å². The molecule has 0 bridgehead atoms. The van der Waals surface area contributed by atoms with E-state index in [0.29, 0.717) is 18.7 Å². The van der Waals surface area contributed by atoms with Crippen molar-refractivity contribution in [1.82, 2.24) is 14.9 Å². The summed E-state index contributed by atoms with van der Waals surface area (Å²) in [5.41, 5.74) is 3.80. The van der Waals surface area contributed by atoms with Crippen LogP contribution in [0, 0.1) is 0 Å². The maximum atomic E-state index is 11.0. The van der Waals surface area contributed by atoms with E-state index in [2.05, 4.69) is 60.2 Å². The molecule has 4 rings (SSSR count). The van der Waals surface area contributed by atoms with Crippen LogP contribution in [0.4, 0.5) is 5.69 Å². The first-order chi connectivity index (χ1) is 15.4. The third-order valence-corrected chi connectivity index (χ3v) is 6.19. The molecule has 6 nitrogen and oxygen atoms in total. The number of anilines is 1. The molecule has 1 aromatic carbocycles. The summed E-state index contributed by atoms with van der Waals surface area (Å²) >= 11 is 0. The molecule has 1 aliphatic carbocycles. The van der Waals surface area contributed by atoms with Gasteiger partial charge in [0.25, 0.3) is 0 Å². The molecule has 0 amide bonds. The van der Waals surface area contributed by atoms with E-state index in [1.807, 2.05) is 18.2 Å². The van der Waals surface area contributed by atoms with Gasteiger partial charge in [-0.2, -0.15) is 0 Å². The van der Waals surface area contributed by atoms with Gasteiger partial charge in [-0.05, 0) is 70.2 Å². The lowest BCUT2D eigenvalue weighted by atomic mass is 9.94. The predicted octanol–water partition coefficient (Wildman–Crippen LogP) is 4.72. The molecule has 1 saturated carbocycles. The highest BCUT2D eigenvalue weighted by atomic mass is 16.6. The lowest BCUT2D eigenvalue weighted by Crippen LogP contribution is -2.38. The molecule has 6 heteroatoms. The van der Waals surface area contributed by atoms with Crippen LogP contribution in [0.25, 0.3) is 22.2 Å². The molecule has 0 atom stereocenters. The second kappa shape index (κ2) is 9.84. The van der Waals surface area contributed by atoms with Crippen molar-refractivity contribution in [2.24, 2.45) is 0 Å². The van der Waals surface area contributed by atoms with Gasteiger partial charge in [-0.15, -0.1) is 0 Å². The summed E-state index contributed by atoms with van der Waals surface area (Å²) in [6.45, 7) is 2.08. The first-order valence-corrected chi connectivity index (χ1v) is 11.6. The number of ether oxygens (including phenoxy) is 1. The molecular formula is C26H34N4O2. The fourth-order valence-electron chi connectivity index (χ4n) is 4.30. The van der Waals surface area contributed by atoms with Crippen molar-refractivity contribution in [2.75, 3.05) is 39.1 Å². The van der Waals surface area contributed by atoms with Gasteiger partial charge in [0.1, 0.15) is 0 Å². The first kappa shape index (κ1) is 22.5. The standard InChI is InChI=1S/C26H34N4O2/c1-29(2)17-8-18-30(3)21-12-10-20(11-13-21)23-19-24-22(9-7-16-27-24)25(28-23)32-26(31)14-5-4-6-15-26/h7,9-13,16,19,31H,4-6,8,14-15,17-18H2,1-3H3. The van der Waals surface area contributed by atoms with Crippen LogP contribution in [0.3, 0.4) is 0 Å². The van der Waals surface area contributed by atoms with Crippen LogP contribution in [0.15, 0.2) is 48.7 Å². The molecule has 3 aromatic rings. The molecule has 0 radical (unpaired) electrons. The summed E-state index contributed by atoms with van der Waals surface area (Å²) < 4.78 is 6.14. The monoisotopic (exact) mass is 434 g/mol. The van der Waals surface area contributed by atoms with E-state index < -0.39 is 5.79 Å². The molecule has 32 heavy (non-hydrogen) atoms. The number of benzene rings is 1. The molecular weight excluding hydrogens is 400 g/mol. The van der Waals surface area contributed by atoms with Gasteiger partial charge in [0.05, 0.1) is 16.6 Å². The molecule has 1 aliphatic rings. The zero-order valence-corrected chi connectivity index (χ0v) is 19.4. The van der Waals surface area contributed by atoms with Gasteiger partial charge in [0.15, 0.2) is 0 Å². The minimum atomic E-state index is -1.15. The molecule has 2 aromatic heterocycles. The first-order valence-electron chi connectivity index (χ1n) is 11.6. The Balaban J connectivity index is 1.59. The molecule has 0 spiro atoms. The molecule has 0 aliphatic heterocycles. The van der Waals surface area contributed by atoms with Gasteiger partial charge in [-0.3, -0.25) is 4.98 Å². The van der Waals surface area contributed by atoms with Gasteiger partial charge in [-0.25, -0.2) is 4.98 Å². The van der Waals surface area contributed by atoms with Crippen molar-refractivity contribution in [1.29, 1.82) is 0 Å². The molecule has 0 saturated heterocycles. The third-order valence-electron chi connectivity index (χ3n) is 6.19. The van der Waals surface area contributed by atoms with Crippen molar-refractivity contribution in [3.8, 4) is 17.1 Å². The summed E-state index contributed by atoms with van der Waals surface area (Å²) in [5, 5.41) is 11.8. The van der Waals surface area contributed by atoms with Gasteiger partial charge in [-0.1, -0.05) is 18.6 Å². The van der Waals surface area contributed by atoms with E-state index in [1.54, 1.807) is 6.20 Å². The summed E-state index contributed by atoms with van der Waals surface area (Å²) in [6, 6.07) is 14.3. The Morgan fingerprint density at radius 1 is 1.00 bits per heavy atom. The number of pyridine rings is 2. The smallest absolute Gasteiger partial charge is 0.226 e. The van der Waals surface area contributed by atoms with Crippen molar-refractivity contribution in [2.45, 2.75) is 44.3 Å². The number of hydrogen-bond acceptors (Lipinski definition) is 6.